The summed E-state index contributed by atoms with van der Waals surface area (Å²) >= 11 is 9.89. The van der Waals surface area contributed by atoms with Gasteiger partial charge in [-0.05, 0) is 0 Å². The minimum Gasteiger partial charge on any atom is -0.813 e. The second kappa shape index (κ2) is 44.7. The maximum Gasteiger partial charge on any atom is -0.813 e. The number of hydrogen-bond donors (Lipinski definition) is 0. The fraction of sp³-hybridized carbons (Fsp3) is 0.667. The Hall–Kier alpha value is 4.51. The molecule has 0 aliphatic rings. The summed E-state index contributed by atoms with van der Waals surface area (Å²) in [6, 6.07) is -2.45. The van der Waals surface area contributed by atoms with Gasteiger partial charge in [-0.1, -0.05) is 0 Å². The maximum absolute atomic E-state index is 9.57. The van der Waals surface area contributed by atoms with Crippen LogP contribution in [0.5, 0.6) is 0 Å². The van der Waals surface area contributed by atoms with Crippen molar-refractivity contribution in [1.29, 1.82) is 0 Å². The average molecular weight is 604 g/mol. The average Bonchev–Trinajstić information content (AvgIpc) is 2.41. The molecule has 0 aromatic rings. The predicted octanol–water partition coefficient (Wildman–Crippen LogP) is -9.37. The molecule has 0 saturated carbocycles. The van der Waals surface area contributed by atoms with Gasteiger partial charge in [0.1, 0.15) is 0 Å². The molecule has 16 heteroatoms. The summed E-state index contributed by atoms with van der Waals surface area (Å²) < 4.78 is 16.5. The van der Waals surface area contributed by atoms with Gasteiger partial charge in [-0.15, -0.1) is 12.1 Å². The third kappa shape index (κ3) is 49.7. The summed E-state index contributed by atoms with van der Waals surface area (Å²) in [4.78, 5) is 19.1. The fourth-order valence-corrected chi connectivity index (χ4v) is 0.408. The van der Waals surface area contributed by atoms with Crippen LogP contribution >= 0.6 is 0 Å². The molecule has 0 heterocycles. The van der Waals surface area contributed by atoms with Gasteiger partial charge in [-0.3, -0.25) is 0 Å². The molecule has 0 aromatic carbocycles. The van der Waals surface area contributed by atoms with Crippen LogP contribution in [0.1, 0.15) is 0 Å². The standard InChI is InChI=1S/2C3H6NO2S.2K.2Mo.2O.2H2S/c2*4-2(1-7)3(5)6;;;;;;;;/h2*2,4,7H,1H2,(H,5,6);;;;;;;2*1H2/q2*-1;2*+1;;+4;;;;/p-6/t2*2-;;;;;;;;/m00......../s1. The van der Waals surface area contributed by atoms with E-state index in [1.165, 1.54) is 0 Å². The van der Waals surface area contributed by atoms with E-state index >= 15 is 0 Å². The van der Waals surface area contributed by atoms with Gasteiger partial charge in [0, 0.05) is 11.9 Å². The Morgan fingerprint density at radius 2 is 1.05 bits per heavy atom. The van der Waals surface area contributed by atoms with Crippen LogP contribution in [-0.2, 0) is 108 Å². The van der Waals surface area contributed by atoms with Gasteiger partial charge in [-0.25, -0.2) is 0 Å². The van der Waals surface area contributed by atoms with Crippen LogP contribution in [0.2, 0.25) is 0 Å². The number of carbonyl (C=O) groups is 2. The number of nitrogens with one attached hydrogen (secondary N) is 2. The Bertz CT molecular complexity index is 219. The molecule has 0 rings (SSSR count). The van der Waals surface area contributed by atoms with Gasteiger partial charge in [0.25, 0.3) is 0 Å². The van der Waals surface area contributed by atoms with Crippen molar-refractivity contribution in [2.75, 3.05) is 11.5 Å². The van der Waals surface area contributed by atoms with Crippen molar-refractivity contribution in [2.45, 2.75) is 12.1 Å². The Morgan fingerprint density at radius 1 is 0.909 bits per heavy atom. The van der Waals surface area contributed by atoms with Crippen LogP contribution in [0.15, 0.2) is 0 Å². The second-order valence-electron chi connectivity index (χ2n) is 2.08. The maximum atomic E-state index is 9.57. The molecule has 0 unspecified atom stereocenters. The number of rotatable bonds is 4. The van der Waals surface area contributed by atoms with E-state index in [0.717, 1.165) is 0 Å². The van der Waals surface area contributed by atoms with Crippen LogP contribution in [0.3, 0.4) is 0 Å². The van der Waals surface area contributed by atoms with Crippen LogP contribution in [-0.4, -0.2) is 35.5 Å². The molecule has 0 spiro atoms. The van der Waals surface area contributed by atoms with Gasteiger partial charge < -0.3 is 83.5 Å². The Balaban J connectivity index is -0.0000000210. The number of carboxylic acid groups (broad SMARTS) is 2. The molecule has 0 aliphatic carbocycles. The summed E-state index contributed by atoms with van der Waals surface area (Å²) in [5.41, 5.74) is 13.0. The molecule has 120 valence electrons. The van der Waals surface area contributed by atoms with Crippen LogP contribution in [0.4, 0.5) is 0 Å². The molecule has 0 bridgehead atoms. The molecule has 0 aliphatic heterocycles. The topological polar surface area (TPSA) is 162 Å². The van der Waals surface area contributed by atoms with Gasteiger partial charge in [-0.2, -0.15) is 11.5 Å². The van der Waals surface area contributed by atoms with E-state index in [-0.39, 0.29) is 141 Å². The molecular formula is C6H10K2Mo2N2O6S4-2. The molecule has 2 N–H and O–H groups in total. The normalized spacial score (nSPS) is 9.00. The van der Waals surface area contributed by atoms with Crippen molar-refractivity contribution < 1.29 is 169 Å². The van der Waals surface area contributed by atoms with Crippen molar-refractivity contribution in [2.24, 2.45) is 0 Å². The van der Waals surface area contributed by atoms with Crippen molar-refractivity contribution in [3.8, 4) is 0 Å². The second-order valence-corrected chi connectivity index (χ2v) is 2.74. The summed E-state index contributed by atoms with van der Waals surface area (Å²) in [5, 5.41) is 19.1. The summed E-state index contributed by atoms with van der Waals surface area (Å²) in [7, 11) is 0. The molecular weight excluding hydrogens is 594 g/mol. The van der Waals surface area contributed by atoms with E-state index in [2.05, 4.69) is 25.3 Å². The Morgan fingerprint density at radius 3 is 1.05 bits per heavy atom. The van der Waals surface area contributed by atoms with Gasteiger partial charge in [0.15, 0.2) is 0 Å². The number of hydrogen-bond acceptors (Lipinski definition) is 10. The predicted molar refractivity (Wildman–Crippen MR) is 69.6 cm³/mol. The molecule has 0 aromatic heterocycles. The SMILES string of the molecule is [K+].[K+].[NH-][C@@H](C[S-])C(=O)[O-].[NH-][C@@H](C[S-])C(=O)[O-].[O]=[Mo+4].[O]=[Mo].[SH-].[SH-]. The van der Waals surface area contributed by atoms with Crippen molar-refractivity contribution in [1.82, 2.24) is 0 Å². The molecule has 22 heavy (non-hydrogen) atoms. The smallest absolute Gasteiger partial charge is 0.813 e. The number of carbonyl (C=O) groups excluding carboxylic acids is 2. The van der Waals surface area contributed by atoms with E-state index in [4.69, 9.17) is 18.3 Å². The van der Waals surface area contributed by atoms with Crippen LogP contribution in [0, 0.1) is 0 Å². The number of thiol groups is 2. The van der Waals surface area contributed by atoms with Gasteiger partial charge >= 0.3 is 149 Å². The quantitative estimate of drug-likeness (QED) is 0.171. The van der Waals surface area contributed by atoms with Gasteiger partial charge in [0.05, 0.1) is 0 Å². The van der Waals surface area contributed by atoms with E-state index < -0.39 is 24.0 Å². The molecule has 8 nitrogen and oxygen atoms in total. The molecule has 0 amide bonds. The first-order valence-electron chi connectivity index (χ1n) is 3.70. The van der Waals surface area contributed by atoms with Crippen molar-refractivity contribution >= 4 is 64.2 Å². The zero-order valence-electron chi connectivity index (χ0n) is 11.5. The Labute approximate surface area is 262 Å². The molecule has 0 saturated heterocycles. The Kier molecular flexibility index (Phi) is 102. The summed E-state index contributed by atoms with van der Waals surface area (Å²) in [6.07, 6.45) is 0. The largest absolute Gasteiger partial charge is 0.813 e. The minimum atomic E-state index is -1.39. The van der Waals surface area contributed by atoms with E-state index in [0.29, 0.717) is 39.6 Å². The zero-order chi connectivity index (χ0) is 15.7. The number of aliphatic carboxylic acids is 2. The monoisotopic (exact) mass is 608 g/mol. The third-order valence-corrected chi connectivity index (χ3v) is 1.57. The first kappa shape index (κ1) is 50.4. The van der Waals surface area contributed by atoms with E-state index in [1.54, 1.807) is 0 Å². The third-order valence-electron chi connectivity index (χ3n) is 0.902. The first-order chi connectivity index (χ1) is 8.36. The molecule has 0 radical (unpaired) electrons. The molecule has 0 fully saturated rings. The van der Waals surface area contributed by atoms with E-state index in [9.17, 15) is 19.8 Å². The van der Waals surface area contributed by atoms with Crippen molar-refractivity contribution in [3.05, 3.63) is 11.5 Å². The zero-order valence-corrected chi connectivity index (χ0v) is 25.2. The van der Waals surface area contributed by atoms with E-state index in [1.807, 2.05) is 0 Å². The van der Waals surface area contributed by atoms with Gasteiger partial charge in [0.2, 0.25) is 0 Å². The summed E-state index contributed by atoms with van der Waals surface area (Å²) in [5.74, 6) is -2.98. The first-order valence-corrected chi connectivity index (χ1v) is 6.49. The molecule has 2 atom stereocenters. The number of carboxylic acids is 2. The fourth-order valence-electron chi connectivity index (χ4n) is 0.136. The van der Waals surface area contributed by atoms with Crippen molar-refractivity contribution in [3.63, 3.8) is 0 Å². The van der Waals surface area contributed by atoms with Crippen LogP contribution in [0.25, 0.3) is 11.5 Å². The minimum absolute atomic E-state index is 0. The summed E-state index contributed by atoms with van der Waals surface area (Å²) in [6.45, 7) is 0. The van der Waals surface area contributed by atoms with Crippen LogP contribution < -0.4 is 113 Å².